The molecule has 0 bridgehead atoms. The Morgan fingerprint density at radius 2 is 1.91 bits per heavy atom. The van der Waals surface area contributed by atoms with Crippen molar-refractivity contribution in [3.8, 4) is 5.75 Å². The lowest BCUT2D eigenvalue weighted by Crippen LogP contribution is -2.10. The highest BCUT2D eigenvalue weighted by Gasteiger charge is 2.11. The molecule has 4 rings (SSSR count). The van der Waals surface area contributed by atoms with E-state index in [0.29, 0.717) is 49.6 Å². The van der Waals surface area contributed by atoms with Crippen LogP contribution in [0.2, 0.25) is 5.02 Å². The molecule has 178 valence electrons. The molecule has 4 aromatic rings. The first-order valence-electron chi connectivity index (χ1n) is 11.0. The summed E-state index contributed by atoms with van der Waals surface area (Å²) in [6.07, 6.45) is 3.48. The maximum atomic E-state index is 13.4. The molecule has 0 atom stereocenters. The highest BCUT2D eigenvalue weighted by Crippen LogP contribution is 2.31. The van der Waals surface area contributed by atoms with Crippen LogP contribution >= 0.6 is 11.6 Å². The molecule has 2 aromatic carbocycles. The minimum atomic E-state index is -0.301. The van der Waals surface area contributed by atoms with Gasteiger partial charge in [0.25, 0.3) is 0 Å². The van der Waals surface area contributed by atoms with Gasteiger partial charge in [-0.3, -0.25) is 0 Å². The fourth-order valence-corrected chi connectivity index (χ4v) is 3.69. The summed E-state index contributed by atoms with van der Waals surface area (Å²) < 4.78 is 32.1. The van der Waals surface area contributed by atoms with E-state index >= 15 is 0 Å². The largest absolute Gasteiger partial charge is 0.487 e. The van der Waals surface area contributed by atoms with Crippen LogP contribution in [0.4, 0.5) is 15.9 Å². The summed E-state index contributed by atoms with van der Waals surface area (Å²) >= 11 is 6.44. The van der Waals surface area contributed by atoms with Crippen LogP contribution in [0.5, 0.6) is 5.75 Å². The summed E-state index contributed by atoms with van der Waals surface area (Å²) in [6, 6.07) is 13.6. The molecule has 0 spiro atoms. The lowest BCUT2D eigenvalue weighted by Gasteiger charge is -2.13. The zero-order chi connectivity index (χ0) is 23.8. The summed E-state index contributed by atoms with van der Waals surface area (Å²) in [5, 5.41) is 3.75. The minimum Gasteiger partial charge on any atom is -0.487 e. The van der Waals surface area contributed by atoms with Crippen molar-refractivity contribution in [1.82, 2.24) is 14.5 Å². The molecule has 1 N–H and O–H groups in total. The summed E-state index contributed by atoms with van der Waals surface area (Å²) in [4.78, 5) is 8.78. The molecule has 2 heterocycles. The van der Waals surface area contributed by atoms with Crippen molar-refractivity contribution in [3.63, 3.8) is 0 Å². The van der Waals surface area contributed by atoms with Gasteiger partial charge in [-0.1, -0.05) is 23.7 Å². The van der Waals surface area contributed by atoms with E-state index in [1.807, 2.05) is 25.3 Å². The average Bonchev–Trinajstić information content (AvgIpc) is 3.25. The Labute approximate surface area is 202 Å². The van der Waals surface area contributed by atoms with E-state index in [1.165, 1.54) is 18.5 Å². The van der Waals surface area contributed by atoms with E-state index in [9.17, 15) is 4.39 Å². The number of aromatic nitrogens is 3. The van der Waals surface area contributed by atoms with E-state index in [0.717, 1.165) is 22.3 Å². The van der Waals surface area contributed by atoms with Gasteiger partial charge < -0.3 is 24.1 Å². The number of rotatable bonds is 12. The first kappa shape index (κ1) is 23.9. The number of nitrogens with one attached hydrogen (secondary N) is 1. The smallest absolute Gasteiger partial charge is 0.158 e. The number of hydrogen-bond donors (Lipinski definition) is 1. The van der Waals surface area contributed by atoms with Crippen molar-refractivity contribution in [2.45, 2.75) is 20.1 Å². The number of fused-ring (bicyclic) bond motifs is 1. The van der Waals surface area contributed by atoms with Crippen molar-refractivity contribution in [2.24, 2.45) is 0 Å². The third-order valence-electron chi connectivity index (χ3n) is 5.08. The second kappa shape index (κ2) is 11.8. The van der Waals surface area contributed by atoms with Gasteiger partial charge in [0.05, 0.1) is 30.4 Å². The highest BCUT2D eigenvalue weighted by atomic mass is 35.5. The Morgan fingerprint density at radius 3 is 2.74 bits per heavy atom. The van der Waals surface area contributed by atoms with Crippen LogP contribution in [-0.4, -0.2) is 41.0 Å². The van der Waals surface area contributed by atoms with Gasteiger partial charge in [-0.2, -0.15) is 0 Å². The van der Waals surface area contributed by atoms with E-state index in [4.69, 9.17) is 25.8 Å². The standard InChI is InChI=1S/C25H26ClFN4O3/c1-2-32-12-13-33-11-10-31-9-8-22-24(31)25(29-17-28-22)30-20-6-7-23(21(26)15-20)34-16-18-4-3-5-19(27)14-18/h3-9,14-15,17H,2,10-13,16H2,1H3,(H,28,29,30). The molecular weight excluding hydrogens is 459 g/mol. The Kier molecular flexibility index (Phi) is 8.30. The van der Waals surface area contributed by atoms with Gasteiger partial charge in [0.2, 0.25) is 0 Å². The normalized spacial score (nSPS) is 11.1. The van der Waals surface area contributed by atoms with Crippen LogP contribution in [-0.2, 0) is 22.6 Å². The molecule has 0 radical (unpaired) electrons. The van der Waals surface area contributed by atoms with Crippen LogP contribution in [0.1, 0.15) is 12.5 Å². The molecule has 0 fully saturated rings. The quantitative estimate of drug-likeness (QED) is 0.264. The monoisotopic (exact) mass is 484 g/mol. The third-order valence-corrected chi connectivity index (χ3v) is 5.38. The van der Waals surface area contributed by atoms with Gasteiger partial charge in [0, 0.05) is 25.0 Å². The highest BCUT2D eigenvalue weighted by molar-refractivity contribution is 6.32. The fourth-order valence-electron chi connectivity index (χ4n) is 3.46. The van der Waals surface area contributed by atoms with E-state index in [-0.39, 0.29) is 12.4 Å². The van der Waals surface area contributed by atoms with Crippen molar-refractivity contribution >= 4 is 34.1 Å². The molecule has 0 amide bonds. The Hall–Kier alpha value is -3.20. The van der Waals surface area contributed by atoms with Crippen LogP contribution in [0.3, 0.4) is 0 Å². The summed E-state index contributed by atoms with van der Waals surface area (Å²) in [7, 11) is 0. The first-order chi connectivity index (χ1) is 16.6. The zero-order valence-corrected chi connectivity index (χ0v) is 19.6. The molecule has 0 unspecified atom stereocenters. The lowest BCUT2D eigenvalue weighted by molar-refractivity contribution is 0.0500. The molecular formula is C25H26ClFN4O3. The maximum Gasteiger partial charge on any atom is 0.158 e. The minimum absolute atomic E-state index is 0.219. The van der Waals surface area contributed by atoms with Crippen molar-refractivity contribution in [3.05, 3.63) is 77.5 Å². The molecule has 0 saturated carbocycles. The van der Waals surface area contributed by atoms with Crippen LogP contribution in [0.25, 0.3) is 11.0 Å². The number of nitrogens with zero attached hydrogens (tertiary/aromatic N) is 3. The molecule has 34 heavy (non-hydrogen) atoms. The topological polar surface area (TPSA) is 70.4 Å². The van der Waals surface area contributed by atoms with Crippen LogP contribution in [0.15, 0.2) is 61.1 Å². The molecule has 2 aromatic heterocycles. The van der Waals surface area contributed by atoms with Gasteiger partial charge in [0.15, 0.2) is 5.82 Å². The van der Waals surface area contributed by atoms with Crippen molar-refractivity contribution in [1.29, 1.82) is 0 Å². The summed E-state index contributed by atoms with van der Waals surface area (Å²) in [5.74, 6) is 0.871. The number of hydrogen-bond acceptors (Lipinski definition) is 6. The van der Waals surface area contributed by atoms with E-state index in [1.54, 1.807) is 24.3 Å². The Balaban J connectivity index is 1.42. The SMILES string of the molecule is CCOCCOCCn1ccc2ncnc(Nc3ccc(OCc4cccc(F)c4)c(Cl)c3)c21. The van der Waals surface area contributed by atoms with Gasteiger partial charge >= 0.3 is 0 Å². The van der Waals surface area contributed by atoms with Crippen molar-refractivity contribution < 1.29 is 18.6 Å². The molecule has 0 saturated heterocycles. The lowest BCUT2D eigenvalue weighted by atomic mass is 10.2. The Morgan fingerprint density at radius 1 is 1.03 bits per heavy atom. The number of ether oxygens (including phenoxy) is 3. The van der Waals surface area contributed by atoms with Crippen molar-refractivity contribution in [2.75, 3.05) is 31.7 Å². The van der Waals surface area contributed by atoms with E-state index < -0.39 is 0 Å². The van der Waals surface area contributed by atoms with Gasteiger partial charge in [-0.05, 0) is 48.9 Å². The third kappa shape index (κ3) is 6.22. The van der Waals surface area contributed by atoms with Gasteiger partial charge in [-0.25, -0.2) is 14.4 Å². The first-order valence-corrected chi connectivity index (χ1v) is 11.4. The average molecular weight is 485 g/mol. The molecule has 0 aliphatic heterocycles. The second-order valence-corrected chi connectivity index (χ2v) is 7.87. The number of anilines is 2. The predicted octanol–water partition coefficient (Wildman–Crippen LogP) is 5.60. The molecule has 7 nitrogen and oxygen atoms in total. The van der Waals surface area contributed by atoms with Crippen LogP contribution in [0, 0.1) is 5.82 Å². The van der Waals surface area contributed by atoms with Gasteiger partial charge in [0.1, 0.15) is 30.0 Å². The summed E-state index contributed by atoms with van der Waals surface area (Å²) in [6.45, 7) is 5.21. The molecule has 0 aliphatic rings. The predicted molar refractivity (Wildman–Crippen MR) is 130 cm³/mol. The molecule has 9 heteroatoms. The van der Waals surface area contributed by atoms with Gasteiger partial charge in [-0.15, -0.1) is 0 Å². The summed E-state index contributed by atoms with van der Waals surface area (Å²) in [5.41, 5.74) is 3.18. The fraction of sp³-hybridized carbons (Fsp3) is 0.280. The Bertz CT molecular complexity index is 1230. The van der Waals surface area contributed by atoms with Crippen LogP contribution < -0.4 is 10.1 Å². The number of benzene rings is 2. The second-order valence-electron chi connectivity index (χ2n) is 7.46. The molecule has 0 aliphatic carbocycles. The van der Waals surface area contributed by atoms with E-state index in [2.05, 4.69) is 19.9 Å². The zero-order valence-electron chi connectivity index (χ0n) is 18.8. The maximum absolute atomic E-state index is 13.4. The number of halogens is 2.